The Morgan fingerprint density at radius 2 is 0.400 bits per heavy atom. The van der Waals surface area contributed by atoms with E-state index in [-0.39, 0.29) is 91.6 Å². The zero-order chi connectivity index (χ0) is 0. The molecular formula is Br4Te-3. The van der Waals surface area contributed by atoms with E-state index in [9.17, 15) is 0 Å². The minimum Gasteiger partial charge on any atom is -1.00 e. The predicted molar refractivity (Wildman–Crippen MR) is 5.75 cm³/mol. The topological polar surface area (TPSA) is 0 Å². The molecule has 0 rings (SSSR count). The molecule has 0 heterocycles. The van der Waals surface area contributed by atoms with Crippen molar-refractivity contribution >= 4 is 23.7 Å². The first kappa shape index (κ1) is 47.3. The third kappa shape index (κ3) is 20.3. The molecule has 0 saturated heterocycles. The Bertz CT molecular complexity index is 3.61. The van der Waals surface area contributed by atoms with E-state index >= 15 is 0 Å². The van der Waals surface area contributed by atoms with Crippen LogP contribution >= 0.6 is 0 Å². The van der Waals surface area contributed by atoms with Gasteiger partial charge >= 0.3 is 23.7 Å². The Morgan fingerprint density at radius 3 is 0.400 bits per heavy atom. The van der Waals surface area contributed by atoms with Gasteiger partial charge in [0.25, 0.3) is 0 Å². The normalized spacial score (nSPS) is 0. The van der Waals surface area contributed by atoms with E-state index in [1.54, 1.807) is 0 Å². The van der Waals surface area contributed by atoms with Gasteiger partial charge in [-0.3, -0.25) is 0 Å². The van der Waals surface area contributed by atoms with Crippen molar-refractivity contribution in [3.05, 3.63) is 0 Å². The number of hydrogen-bond acceptors (Lipinski definition) is 0. The van der Waals surface area contributed by atoms with E-state index in [0.717, 1.165) is 0 Å². The van der Waals surface area contributed by atoms with Crippen LogP contribution in [0, 0.1) is 0 Å². The molecule has 0 unspecified atom stereocenters. The molecule has 0 fully saturated rings. The summed E-state index contributed by atoms with van der Waals surface area (Å²) in [7, 11) is 0. The summed E-state index contributed by atoms with van der Waals surface area (Å²) in [6, 6.07) is 0. The van der Waals surface area contributed by atoms with E-state index in [0.29, 0.717) is 0 Å². The van der Waals surface area contributed by atoms with Crippen LogP contribution in [0.1, 0.15) is 0 Å². The molecule has 0 aromatic rings. The summed E-state index contributed by atoms with van der Waals surface area (Å²) in [6.45, 7) is 0. The molecule has 5 heteroatoms. The van der Waals surface area contributed by atoms with Gasteiger partial charge in [-0.25, -0.2) is 0 Å². The summed E-state index contributed by atoms with van der Waals surface area (Å²) in [5.41, 5.74) is 0. The van der Waals surface area contributed by atoms with Crippen LogP contribution in [-0.2, 0) is 0 Å². The number of hydrogen-bond donors (Lipinski definition) is 0. The van der Waals surface area contributed by atoms with Crippen molar-refractivity contribution in [1.82, 2.24) is 0 Å². The molecule has 0 aromatic carbocycles. The zero-order valence-corrected chi connectivity index (χ0v) is 10.6. The molecule has 0 aliphatic rings. The maximum atomic E-state index is 0. The average molecular weight is 447 g/mol. The molecule has 0 nitrogen and oxygen atoms in total. The van der Waals surface area contributed by atoms with Crippen LogP contribution in [0.15, 0.2) is 0 Å². The molecule has 0 aromatic heterocycles. The molecule has 0 bridgehead atoms. The Morgan fingerprint density at radius 1 is 0.400 bits per heavy atom. The minimum absolute atomic E-state index is 0. The molecule has 0 saturated carbocycles. The quantitative estimate of drug-likeness (QED) is 0.324. The molecule has 37 valence electrons. The van der Waals surface area contributed by atoms with Crippen molar-refractivity contribution in [2.45, 2.75) is 0 Å². The van der Waals surface area contributed by atoms with Crippen LogP contribution in [0.3, 0.4) is 0 Å². The van der Waals surface area contributed by atoms with Crippen molar-refractivity contribution in [2.75, 3.05) is 0 Å². The van der Waals surface area contributed by atoms with Crippen molar-refractivity contribution in [2.24, 2.45) is 0 Å². The van der Waals surface area contributed by atoms with Crippen molar-refractivity contribution in [3.63, 3.8) is 0 Å². The zero-order valence-electron chi connectivity index (χ0n) is 1.92. The van der Waals surface area contributed by atoms with Gasteiger partial charge in [-0.1, -0.05) is 0 Å². The maximum absolute atomic E-state index is 0. The van der Waals surface area contributed by atoms with Gasteiger partial charge in [0.1, 0.15) is 0 Å². The maximum Gasteiger partial charge on any atom is 1.00 e. The fourth-order valence-corrected chi connectivity index (χ4v) is 0. The number of rotatable bonds is 0. The van der Waals surface area contributed by atoms with E-state index < -0.39 is 0 Å². The summed E-state index contributed by atoms with van der Waals surface area (Å²) in [5.74, 6) is 0. The summed E-state index contributed by atoms with van der Waals surface area (Å²) in [4.78, 5) is 0. The van der Waals surface area contributed by atoms with E-state index in [2.05, 4.69) is 0 Å². The van der Waals surface area contributed by atoms with Crippen molar-refractivity contribution < 1.29 is 67.9 Å². The van der Waals surface area contributed by atoms with Crippen LogP contribution in [0.25, 0.3) is 0 Å². The summed E-state index contributed by atoms with van der Waals surface area (Å²) >= 11 is 0. The Kier molecular flexibility index (Phi) is 282. The average Bonchev–Trinajstić information content (AvgIpc) is 0. The first-order valence-corrected chi connectivity index (χ1v) is 0. The summed E-state index contributed by atoms with van der Waals surface area (Å²) in [6.07, 6.45) is 0. The third-order valence-electron chi connectivity index (χ3n) is 0. The molecule has 0 aliphatic carbocycles. The van der Waals surface area contributed by atoms with Gasteiger partial charge in [0.2, 0.25) is 0 Å². The fraction of sp³-hybridized carbons (Fsp3) is 0. The number of halogens is 4. The molecule has 0 spiro atoms. The van der Waals surface area contributed by atoms with Gasteiger partial charge < -0.3 is 67.9 Å². The standard InChI is InChI=1S/4BrH.Te/h4*1H;/q;;;;+1/p-4. The monoisotopic (exact) mass is 446 g/mol. The van der Waals surface area contributed by atoms with Gasteiger partial charge in [-0.15, -0.1) is 0 Å². The smallest absolute Gasteiger partial charge is 1.00 e. The van der Waals surface area contributed by atoms with Gasteiger partial charge in [-0.05, 0) is 0 Å². The molecule has 0 N–H and O–H groups in total. The van der Waals surface area contributed by atoms with Crippen molar-refractivity contribution in [1.29, 1.82) is 0 Å². The second kappa shape index (κ2) is 29.8. The molecular weight excluding hydrogens is 447 g/mol. The van der Waals surface area contributed by atoms with Crippen LogP contribution in [0.2, 0.25) is 0 Å². The summed E-state index contributed by atoms with van der Waals surface area (Å²) < 4.78 is 0. The van der Waals surface area contributed by atoms with Crippen LogP contribution in [0.4, 0.5) is 0 Å². The Balaban J connectivity index is 0. The fourth-order valence-electron chi connectivity index (χ4n) is 0. The van der Waals surface area contributed by atoms with Gasteiger partial charge in [-0.2, -0.15) is 0 Å². The molecule has 0 amide bonds. The molecule has 0 atom stereocenters. The molecule has 5 heavy (non-hydrogen) atoms. The van der Waals surface area contributed by atoms with Gasteiger partial charge in [0.15, 0.2) is 0 Å². The first-order chi connectivity index (χ1) is 0. The first-order valence-electron chi connectivity index (χ1n) is 0. The second-order valence-electron chi connectivity index (χ2n) is 0. The van der Waals surface area contributed by atoms with E-state index in [1.807, 2.05) is 0 Å². The van der Waals surface area contributed by atoms with Crippen LogP contribution < -0.4 is 67.9 Å². The second-order valence-corrected chi connectivity index (χ2v) is 0. The van der Waals surface area contributed by atoms with E-state index in [4.69, 9.17) is 0 Å². The van der Waals surface area contributed by atoms with E-state index in [1.165, 1.54) is 0 Å². The van der Waals surface area contributed by atoms with Crippen molar-refractivity contribution in [3.8, 4) is 0 Å². The Hall–Kier alpha value is 2.71. The largest absolute Gasteiger partial charge is 1.00 e. The van der Waals surface area contributed by atoms with Gasteiger partial charge in [0.05, 0.1) is 0 Å². The van der Waals surface area contributed by atoms with Crippen LogP contribution in [-0.4, -0.2) is 23.7 Å². The Labute approximate surface area is 90.3 Å². The summed E-state index contributed by atoms with van der Waals surface area (Å²) in [5, 5.41) is 0. The third-order valence-corrected chi connectivity index (χ3v) is 0. The predicted octanol–water partition coefficient (Wildman–Crippen LogP) is -12.4. The molecule has 0 aliphatic heterocycles. The van der Waals surface area contributed by atoms with Gasteiger partial charge in [0, 0.05) is 0 Å². The minimum atomic E-state index is 0. The SMILES string of the molecule is [Br-].[Br-].[Br-].[Br-].[Te+]. The van der Waals surface area contributed by atoms with Crippen LogP contribution in [0.5, 0.6) is 0 Å². The molecule has 3 radical (unpaired) electrons.